The molecule has 0 aromatic heterocycles. The lowest BCUT2D eigenvalue weighted by atomic mass is 9.94. The van der Waals surface area contributed by atoms with Crippen molar-refractivity contribution in [3.05, 3.63) is 23.3 Å². The van der Waals surface area contributed by atoms with Gasteiger partial charge in [0.15, 0.2) is 11.5 Å². The molecule has 1 aromatic rings. The van der Waals surface area contributed by atoms with Gasteiger partial charge in [-0.2, -0.15) is 0 Å². The second-order valence-electron chi connectivity index (χ2n) is 4.37. The molecule has 0 unspecified atom stereocenters. The Morgan fingerprint density at radius 3 is 2.50 bits per heavy atom. The summed E-state index contributed by atoms with van der Waals surface area (Å²) in [5, 5.41) is 3.02. The molecule has 1 aliphatic rings. The summed E-state index contributed by atoms with van der Waals surface area (Å²) in [4.78, 5) is 0. The third-order valence-corrected chi connectivity index (χ3v) is 2.61. The molecule has 0 atom stereocenters. The Morgan fingerprint density at radius 2 is 1.94 bits per heavy atom. The minimum Gasteiger partial charge on any atom is -0.454 e. The summed E-state index contributed by atoms with van der Waals surface area (Å²) >= 11 is 0. The molecule has 0 radical (unpaired) electrons. The van der Waals surface area contributed by atoms with E-state index in [4.69, 9.17) is 9.47 Å². The second-order valence-corrected chi connectivity index (χ2v) is 4.37. The molecule has 3 nitrogen and oxygen atoms in total. The Balaban J connectivity index is 2.49. The number of fused-ring (bicyclic) bond motifs is 1. The van der Waals surface area contributed by atoms with Crippen LogP contribution in [-0.4, -0.2) is 13.8 Å². The van der Waals surface area contributed by atoms with E-state index in [1.165, 1.54) is 0 Å². The first-order chi connectivity index (χ1) is 7.52. The van der Waals surface area contributed by atoms with Crippen LogP contribution in [0, 0.1) is 0 Å². The maximum atomic E-state index is 14.0. The number of benzene rings is 1. The summed E-state index contributed by atoms with van der Waals surface area (Å²) in [5.74, 6) is 1.32. The van der Waals surface area contributed by atoms with Gasteiger partial charge in [-0.3, -0.25) is 0 Å². The van der Waals surface area contributed by atoms with Crippen LogP contribution >= 0.6 is 0 Å². The normalized spacial score (nSPS) is 14.2. The molecule has 1 aromatic carbocycles. The number of hydrogen-bond acceptors (Lipinski definition) is 3. The lowest BCUT2D eigenvalue weighted by Crippen LogP contribution is -2.16. The maximum Gasteiger partial charge on any atom is 0.231 e. The van der Waals surface area contributed by atoms with Crippen LogP contribution < -0.4 is 14.8 Å². The highest BCUT2D eigenvalue weighted by atomic mass is 19.1. The summed E-state index contributed by atoms with van der Waals surface area (Å²) in [7, 11) is 1.83. The van der Waals surface area contributed by atoms with Crippen LogP contribution in [0.1, 0.15) is 25.0 Å². The van der Waals surface area contributed by atoms with E-state index in [2.05, 4.69) is 5.32 Å². The number of nitrogens with one attached hydrogen (secondary N) is 1. The summed E-state index contributed by atoms with van der Waals surface area (Å²) in [6.45, 7) is 3.91. The van der Waals surface area contributed by atoms with Crippen molar-refractivity contribution in [3.63, 3.8) is 0 Å². The van der Waals surface area contributed by atoms with Gasteiger partial charge in [0.1, 0.15) is 5.67 Å². The second kappa shape index (κ2) is 3.94. The highest BCUT2D eigenvalue weighted by molar-refractivity contribution is 5.50. The molecular weight excluding hydrogens is 209 g/mol. The van der Waals surface area contributed by atoms with Crippen LogP contribution in [0.4, 0.5) is 4.39 Å². The maximum absolute atomic E-state index is 14.0. The van der Waals surface area contributed by atoms with Crippen molar-refractivity contribution >= 4 is 0 Å². The van der Waals surface area contributed by atoms with Gasteiger partial charge >= 0.3 is 0 Å². The van der Waals surface area contributed by atoms with Gasteiger partial charge in [-0.05, 0) is 44.2 Å². The lowest BCUT2D eigenvalue weighted by Gasteiger charge is -2.19. The zero-order valence-corrected chi connectivity index (χ0v) is 9.76. The van der Waals surface area contributed by atoms with Crippen molar-refractivity contribution in [1.82, 2.24) is 5.32 Å². The van der Waals surface area contributed by atoms with Crippen LogP contribution in [0.2, 0.25) is 0 Å². The molecular formula is C12H16FNO2. The minimum absolute atomic E-state index is 0.213. The molecule has 16 heavy (non-hydrogen) atoms. The zero-order chi connectivity index (χ0) is 11.8. The first-order valence-corrected chi connectivity index (χ1v) is 5.29. The number of ether oxygens (including phenoxy) is 2. The first-order valence-electron chi connectivity index (χ1n) is 5.29. The molecule has 4 heteroatoms. The molecule has 0 saturated carbocycles. The van der Waals surface area contributed by atoms with Crippen molar-refractivity contribution in [2.24, 2.45) is 0 Å². The van der Waals surface area contributed by atoms with Crippen LogP contribution in [0.5, 0.6) is 11.5 Å². The lowest BCUT2D eigenvalue weighted by molar-refractivity contribution is 0.173. The SMILES string of the molecule is CNCc1cc2c(cc1C(C)(C)F)OCO2. The Hall–Kier alpha value is -1.29. The molecule has 0 bridgehead atoms. The van der Waals surface area contributed by atoms with Crippen LogP contribution in [0.3, 0.4) is 0 Å². The highest BCUT2D eigenvalue weighted by Crippen LogP contribution is 2.39. The summed E-state index contributed by atoms with van der Waals surface area (Å²) in [6.07, 6.45) is 0. The summed E-state index contributed by atoms with van der Waals surface area (Å²) in [6, 6.07) is 3.57. The van der Waals surface area contributed by atoms with E-state index in [-0.39, 0.29) is 6.79 Å². The fraction of sp³-hybridized carbons (Fsp3) is 0.500. The van der Waals surface area contributed by atoms with E-state index < -0.39 is 5.67 Å². The van der Waals surface area contributed by atoms with Gasteiger partial charge < -0.3 is 14.8 Å². The average molecular weight is 225 g/mol. The smallest absolute Gasteiger partial charge is 0.231 e. The molecule has 1 N–H and O–H groups in total. The monoisotopic (exact) mass is 225 g/mol. The van der Waals surface area contributed by atoms with Crippen LogP contribution in [0.25, 0.3) is 0 Å². The number of hydrogen-bond donors (Lipinski definition) is 1. The van der Waals surface area contributed by atoms with Gasteiger partial charge in [0, 0.05) is 6.54 Å². The average Bonchev–Trinajstić information content (AvgIpc) is 2.62. The van der Waals surface area contributed by atoms with E-state index in [0.29, 0.717) is 23.6 Å². The molecule has 1 heterocycles. The standard InChI is InChI=1S/C12H16FNO2/c1-12(2,13)9-5-11-10(15-7-16-11)4-8(9)6-14-3/h4-5,14H,6-7H2,1-3H3. The number of halogens is 1. The van der Waals surface area contributed by atoms with E-state index in [9.17, 15) is 4.39 Å². The van der Waals surface area contributed by atoms with Gasteiger partial charge in [-0.15, -0.1) is 0 Å². The third kappa shape index (κ3) is 1.97. The Bertz CT molecular complexity index is 399. The summed E-state index contributed by atoms with van der Waals surface area (Å²) < 4.78 is 24.6. The molecule has 1 aliphatic heterocycles. The summed E-state index contributed by atoms with van der Waals surface area (Å²) in [5.41, 5.74) is 0.165. The molecule has 88 valence electrons. The largest absolute Gasteiger partial charge is 0.454 e. The van der Waals surface area contributed by atoms with Gasteiger partial charge in [0.2, 0.25) is 6.79 Å². The van der Waals surface area contributed by atoms with Crippen molar-refractivity contribution < 1.29 is 13.9 Å². The van der Waals surface area contributed by atoms with Crippen molar-refractivity contribution in [3.8, 4) is 11.5 Å². The predicted molar refractivity (Wildman–Crippen MR) is 59.5 cm³/mol. The zero-order valence-electron chi connectivity index (χ0n) is 9.76. The van der Waals surface area contributed by atoms with E-state index in [1.807, 2.05) is 13.1 Å². The fourth-order valence-electron chi connectivity index (χ4n) is 1.87. The molecule has 0 aliphatic carbocycles. The van der Waals surface area contributed by atoms with Crippen LogP contribution in [0.15, 0.2) is 12.1 Å². The molecule has 0 fully saturated rings. The Labute approximate surface area is 94.6 Å². The van der Waals surface area contributed by atoms with E-state index in [1.54, 1.807) is 19.9 Å². The third-order valence-electron chi connectivity index (χ3n) is 2.61. The van der Waals surface area contributed by atoms with Crippen molar-refractivity contribution in [1.29, 1.82) is 0 Å². The van der Waals surface area contributed by atoms with Crippen LogP contribution in [-0.2, 0) is 12.2 Å². The topological polar surface area (TPSA) is 30.5 Å². The Morgan fingerprint density at radius 1 is 1.31 bits per heavy atom. The predicted octanol–water partition coefficient (Wildman–Crippen LogP) is 2.34. The highest BCUT2D eigenvalue weighted by Gasteiger charge is 2.26. The van der Waals surface area contributed by atoms with E-state index in [0.717, 1.165) is 5.56 Å². The molecule has 0 saturated heterocycles. The van der Waals surface area contributed by atoms with Gasteiger partial charge in [-0.1, -0.05) is 0 Å². The van der Waals surface area contributed by atoms with E-state index >= 15 is 0 Å². The number of alkyl halides is 1. The molecule has 0 amide bonds. The molecule has 2 rings (SSSR count). The quantitative estimate of drug-likeness (QED) is 0.856. The molecule has 0 spiro atoms. The first kappa shape index (κ1) is 11.2. The van der Waals surface area contributed by atoms with Gasteiger partial charge in [-0.25, -0.2) is 4.39 Å². The van der Waals surface area contributed by atoms with Crippen molar-refractivity contribution in [2.75, 3.05) is 13.8 Å². The van der Waals surface area contributed by atoms with Crippen molar-refractivity contribution in [2.45, 2.75) is 26.1 Å². The van der Waals surface area contributed by atoms with Gasteiger partial charge in [0.05, 0.1) is 0 Å². The number of rotatable bonds is 3. The van der Waals surface area contributed by atoms with Gasteiger partial charge in [0.25, 0.3) is 0 Å². The fourth-order valence-corrected chi connectivity index (χ4v) is 1.87. The Kier molecular flexibility index (Phi) is 2.76. The minimum atomic E-state index is -1.38.